The Labute approximate surface area is 142 Å². The minimum absolute atomic E-state index is 0.136. The summed E-state index contributed by atoms with van der Waals surface area (Å²) >= 11 is 0. The highest BCUT2D eigenvalue weighted by molar-refractivity contribution is 5.79. The van der Waals surface area contributed by atoms with Crippen molar-refractivity contribution in [3.05, 3.63) is 54.4 Å². The molecule has 1 amide bonds. The van der Waals surface area contributed by atoms with Crippen molar-refractivity contribution in [1.82, 2.24) is 14.9 Å². The number of amides is 1. The van der Waals surface area contributed by atoms with Gasteiger partial charge in [-0.15, -0.1) is 0 Å². The van der Waals surface area contributed by atoms with Crippen LogP contribution in [0.5, 0.6) is 0 Å². The van der Waals surface area contributed by atoms with Gasteiger partial charge >= 0.3 is 0 Å². The average Bonchev–Trinajstić information content (AvgIpc) is 2.92. The molecular weight excluding hydrogens is 300 g/mol. The first-order chi connectivity index (χ1) is 11.7. The van der Waals surface area contributed by atoms with Crippen molar-refractivity contribution in [2.24, 2.45) is 5.41 Å². The second kappa shape index (κ2) is 6.23. The molecule has 5 nitrogen and oxygen atoms in total. The molecule has 0 aliphatic carbocycles. The van der Waals surface area contributed by atoms with E-state index in [4.69, 9.17) is 0 Å². The lowest BCUT2D eigenvalue weighted by Crippen LogP contribution is -2.42. The molecule has 5 heteroatoms. The Hall–Kier alpha value is -2.43. The zero-order valence-electron chi connectivity index (χ0n) is 13.8. The number of aromatic nitrogens is 2. The molecule has 4 rings (SSSR count). The number of likely N-dealkylation sites (tertiary alicyclic amines) is 1. The van der Waals surface area contributed by atoms with Gasteiger partial charge in [-0.25, -0.2) is 9.97 Å². The molecule has 1 aromatic carbocycles. The molecule has 3 heterocycles. The van der Waals surface area contributed by atoms with Crippen LogP contribution in [0.15, 0.2) is 48.8 Å². The van der Waals surface area contributed by atoms with Crippen molar-refractivity contribution < 1.29 is 4.79 Å². The third-order valence-corrected chi connectivity index (χ3v) is 5.28. The van der Waals surface area contributed by atoms with E-state index in [0.29, 0.717) is 12.3 Å². The first-order valence-corrected chi connectivity index (χ1v) is 8.58. The maximum Gasteiger partial charge on any atom is 0.225 e. The quantitative estimate of drug-likeness (QED) is 0.871. The number of anilines is 1. The smallest absolute Gasteiger partial charge is 0.225 e. The molecule has 24 heavy (non-hydrogen) atoms. The van der Waals surface area contributed by atoms with E-state index in [1.807, 2.05) is 29.2 Å². The Morgan fingerprint density at radius 1 is 1.00 bits per heavy atom. The van der Waals surface area contributed by atoms with E-state index >= 15 is 0 Å². The number of piperidine rings is 1. The Morgan fingerprint density at radius 2 is 1.71 bits per heavy atom. The Bertz CT molecular complexity index is 696. The van der Waals surface area contributed by atoms with Gasteiger partial charge < -0.3 is 9.80 Å². The third-order valence-electron chi connectivity index (χ3n) is 5.28. The van der Waals surface area contributed by atoms with Crippen molar-refractivity contribution in [1.29, 1.82) is 0 Å². The maximum atomic E-state index is 12.5. The fraction of sp³-hybridized carbons (Fsp3) is 0.421. The largest absolute Gasteiger partial charge is 0.341 e. The topological polar surface area (TPSA) is 49.3 Å². The highest BCUT2D eigenvalue weighted by Crippen LogP contribution is 2.41. The van der Waals surface area contributed by atoms with Gasteiger partial charge in [-0.3, -0.25) is 4.79 Å². The molecular formula is C19H22N4O. The van der Waals surface area contributed by atoms with Gasteiger partial charge in [0.15, 0.2) is 0 Å². The minimum atomic E-state index is 0.136. The van der Waals surface area contributed by atoms with Crippen LogP contribution >= 0.6 is 0 Å². The summed E-state index contributed by atoms with van der Waals surface area (Å²) in [6.45, 7) is 3.46. The van der Waals surface area contributed by atoms with Gasteiger partial charge in [-0.05, 0) is 24.5 Å². The number of nitrogens with zero attached hydrogens (tertiary/aromatic N) is 4. The summed E-state index contributed by atoms with van der Waals surface area (Å²) in [5.41, 5.74) is 1.34. The van der Waals surface area contributed by atoms with Crippen LogP contribution < -0.4 is 4.90 Å². The van der Waals surface area contributed by atoms with Gasteiger partial charge in [-0.2, -0.15) is 0 Å². The van der Waals surface area contributed by atoms with Gasteiger partial charge in [0.25, 0.3) is 0 Å². The summed E-state index contributed by atoms with van der Waals surface area (Å²) in [5.74, 6) is 1.10. The molecule has 0 N–H and O–H groups in total. The molecule has 2 aliphatic heterocycles. The van der Waals surface area contributed by atoms with E-state index in [1.165, 1.54) is 5.56 Å². The van der Waals surface area contributed by atoms with Gasteiger partial charge in [0.2, 0.25) is 11.9 Å². The van der Waals surface area contributed by atoms with Crippen LogP contribution in [0.2, 0.25) is 0 Å². The molecule has 0 unspecified atom stereocenters. The Balaban J connectivity index is 1.40. The first kappa shape index (κ1) is 15.1. The predicted octanol–water partition coefficient (Wildman–Crippen LogP) is 2.50. The van der Waals surface area contributed by atoms with Crippen molar-refractivity contribution >= 4 is 11.9 Å². The average molecular weight is 322 g/mol. The van der Waals surface area contributed by atoms with E-state index in [1.54, 1.807) is 12.4 Å². The molecule has 1 aromatic heterocycles. The Kier molecular flexibility index (Phi) is 3.92. The highest BCUT2D eigenvalue weighted by atomic mass is 16.2. The molecule has 2 fully saturated rings. The van der Waals surface area contributed by atoms with E-state index in [9.17, 15) is 4.79 Å². The number of hydrogen-bond acceptors (Lipinski definition) is 4. The summed E-state index contributed by atoms with van der Waals surface area (Å²) in [5, 5.41) is 0. The molecule has 0 radical (unpaired) electrons. The number of benzene rings is 1. The van der Waals surface area contributed by atoms with Crippen LogP contribution in [-0.4, -0.2) is 40.4 Å². The second-order valence-corrected chi connectivity index (χ2v) is 6.95. The lowest BCUT2D eigenvalue weighted by atomic mass is 9.77. The first-order valence-electron chi connectivity index (χ1n) is 8.58. The third kappa shape index (κ3) is 2.98. The summed E-state index contributed by atoms with van der Waals surface area (Å²) in [6.07, 6.45) is 6.31. The molecule has 2 aliphatic rings. The molecule has 0 atom stereocenters. The van der Waals surface area contributed by atoms with Crippen LogP contribution in [0.25, 0.3) is 0 Å². The Morgan fingerprint density at radius 3 is 2.42 bits per heavy atom. The normalized spacial score (nSPS) is 19.9. The van der Waals surface area contributed by atoms with E-state index in [-0.39, 0.29) is 5.41 Å². The highest BCUT2D eigenvalue weighted by Gasteiger charge is 2.44. The van der Waals surface area contributed by atoms with Crippen LogP contribution in [-0.2, 0) is 11.3 Å². The van der Waals surface area contributed by atoms with Gasteiger partial charge in [0.1, 0.15) is 0 Å². The minimum Gasteiger partial charge on any atom is -0.341 e. The molecule has 124 valence electrons. The maximum absolute atomic E-state index is 12.5. The molecule has 0 bridgehead atoms. The lowest BCUT2D eigenvalue weighted by molar-refractivity contribution is -0.128. The standard InChI is InChI=1S/C19H22N4O/c24-17-13-19(15-23(17)14-16-5-2-1-3-6-16)7-11-22(12-8-19)18-20-9-4-10-21-18/h1-6,9-10H,7-8,11-15H2. The van der Waals surface area contributed by atoms with Crippen molar-refractivity contribution in [2.45, 2.75) is 25.8 Å². The molecule has 1 spiro atoms. The van der Waals surface area contributed by atoms with Crippen LogP contribution in [0.3, 0.4) is 0 Å². The zero-order valence-corrected chi connectivity index (χ0v) is 13.8. The molecule has 0 saturated carbocycles. The number of rotatable bonds is 3. The van der Waals surface area contributed by atoms with Gasteiger partial charge in [0.05, 0.1) is 0 Å². The van der Waals surface area contributed by atoms with Gasteiger partial charge in [0, 0.05) is 50.4 Å². The summed E-state index contributed by atoms with van der Waals surface area (Å²) in [7, 11) is 0. The molecule has 2 aromatic rings. The summed E-state index contributed by atoms with van der Waals surface area (Å²) in [4.78, 5) is 25.4. The number of hydrogen-bond donors (Lipinski definition) is 0. The summed E-state index contributed by atoms with van der Waals surface area (Å²) in [6, 6.07) is 12.1. The SMILES string of the molecule is O=C1CC2(CCN(c3ncccn3)CC2)CN1Cc1ccccc1. The fourth-order valence-corrected chi connectivity index (χ4v) is 3.90. The van der Waals surface area contributed by atoms with Gasteiger partial charge in [-0.1, -0.05) is 30.3 Å². The number of carbonyl (C=O) groups is 1. The van der Waals surface area contributed by atoms with Crippen LogP contribution in [0.1, 0.15) is 24.8 Å². The van der Waals surface area contributed by atoms with E-state index in [0.717, 1.165) is 45.0 Å². The van der Waals surface area contributed by atoms with E-state index in [2.05, 4.69) is 27.0 Å². The summed E-state index contributed by atoms with van der Waals surface area (Å²) < 4.78 is 0. The van der Waals surface area contributed by atoms with Crippen molar-refractivity contribution in [3.8, 4) is 0 Å². The van der Waals surface area contributed by atoms with Crippen molar-refractivity contribution in [3.63, 3.8) is 0 Å². The van der Waals surface area contributed by atoms with Crippen LogP contribution in [0, 0.1) is 5.41 Å². The predicted molar refractivity (Wildman–Crippen MR) is 92.4 cm³/mol. The van der Waals surface area contributed by atoms with Crippen LogP contribution in [0.4, 0.5) is 5.95 Å². The second-order valence-electron chi connectivity index (χ2n) is 6.95. The lowest BCUT2D eigenvalue weighted by Gasteiger charge is -2.38. The number of carbonyl (C=O) groups excluding carboxylic acids is 1. The van der Waals surface area contributed by atoms with Crippen molar-refractivity contribution in [2.75, 3.05) is 24.5 Å². The fourth-order valence-electron chi connectivity index (χ4n) is 3.90. The zero-order chi connectivity index (χ0) is 16.4. The molecule has 2 saturated heterocycles. The monoisotopic (exact) mass is 322 g/mol. The van der Waals surface area contributed by atoms with E-state index < -0.39 is 0 Å².